The molecule has 0 saturated carbocycles. The van der Waals surface area contributed by atoms with Gasteiger partial charge in [-0.15, -0.1) is 11.8 Å². The fourth-order valence-corrected chi connectivity index (χ4v) is 3.63. The SMILES string of the molecule is CC1CCC(CSc2cc(Br)ccc2C(=O)O)O1. The van der Waals surface area contributed by atoms with Crippen LogP contribution in [0.1, 0.15) is 30.1 Å². The van der Waals surface area contributed by atoms with Gasteiger partial charge in [-0.25, -0.2) is 4.79 Å². The van der Waals surface area contributed by atoms with Crippen molar-refractivity contribution in [1.29, 1.82) is 0 Å². The Morgan fingerprint density at radius 2 is 2.33 bits per heavy atom. The van der Waals surface area contributed by atoms with Gasteiger partial charge in [-0.1, -0.05) is 15.9 Å². The van der Waals surface area contributed by atoms with Crippen molar-refractivity contribution >= 4 is 33.7 Å². The number of carbonyl (C=O) groups is 1. The number of ether oxygens (including phenoxy) is 1. The van der Waals surface area contributed by atoms with Crippen LogP contribution in [0.4, 0.5) is 0 Å². The van der Waals surface area contributed by atoms with E-state index in [1.54, 1.807) is 23.9 Å². The summed E-state index contributed by atoms with van der Waals surface area (Å²) < 4.78 is 6.63. The summed E-state index contributed by atoms with van der Waals surface area (Å²) in [4.78, 5) is 11.9. The summed E-state index contributed by atoms with van der Waals surface area (Å²) in [5.41, 5.74) is 0.356. The lowest BCUT2D eigenvalue weighted by Gasteiger charge is -2.12. The molecule has 18 heavy (non-hydrogen) atoms. The van der Waals surface area contributed by atoms with E-state index in [0.717, 1.165) is 28.0 Å². The van der Waals surface area contributed by atoms with Crippen LogP contribution in [-0.4, -0.2) is 29.0 Å². The van der Waals surface area contributed by atoms with E-state index in [2.05, 4.69) is 22.9 Å². The molecule has 0 spiro atoms. The summed E-state index contributed by atoms with van der Waals surface area (Å²) in [5.74, 6) is -0.0770. The number of carboxylic acids is 1. The Balaban J connectivity index is 2.04. The van der Waals surface area contributed by atoms with E-state index in [1.807, 2.05) is 6.07 Å². The Labute approximate surface area is 119 Å². The Kier molecular flexibility index (Phi) is 4.70. The van der Waals surface area contributed by atoms with Crippen molar-refractivity contribution in [3.63, 3.8) is 0 Å². The minimum atomic E-state index is -0.884. The molecule has 98 valence electrons. The molecular formula is C13H15BrO3S. The van der Waals surface area contributed by atoms with Gasteiger partial charge in [0.1, 0.15) is 0 Å². The van der Waals surface area contributed by atoms with Crippen molar-refractivity contribution in [3.05, 3.63) is 28.2 Å². The van der Waals surface area contributed by atoms with Crippen LogP contribution in [0.25, 0.3) is 0 Å². The lowest BCUT2D eigenvalue weighted by Crippen LogP contribution is -2.11. The number of carboxylic acid groups (broad SMARTS) is 1. The van der Waals surface area contributed by atoms with Gasteiger partial charge in [-0.3, -0.25) is 0 Å². The quantitative estimate of drug-likeness (QED) is 0.853. The number of hydrogen-bond acceptors (Lipinski definition) is 3. The molecular weight excluding hydrogens is 316 g/mol. The van der Waals surface area contributed by atoms with Crippen LogP contribution < -0.4 is 0 Å². The second-order valence-corrected chi connectivity index (χ2v) is 6.38. The first-order chi connectivity index (χ1) is 8.56. The van der Waals surface area contributed by atoms with Crippen molar-refractivity contribution in [2.75, 3.05) is 5.75 Å². The molecule has 2 atom stereocenters. The van der Waals surface area contributed by atoms with Gasteiger partial charge in [-0.05, 0) is 38.0 Å². The van der Waals surface area contributed by atoms with Gasteiger partial charge < -0.3 is 9.84 Å². The molecule has 3 nitrogen and oxygen atoms in total. The molecule has 1 aromatic rings. The molecule has 1 aliphatic rings. The van der Waals surface area contributed by atoms with Crippen LogP contribution in [-0.2, 0) is 4.74 Å². The maximum absolute atomic E-state index is 11.1. The highest BCUT2D eigenvalue weighted by molar-refractivity contribution is 9.10. The molecule has 0 amide bonds. The van der Waals surface area contributed by atoms with Crippen LogP contribution in [0.2, 0.25) is 0 Å². The van der Waals surface area contributed by atoms with Crippen molar-refractivity contribution < 1.29 is 14.6 Å². The average molecular weight is 331 g/mol. The summed E-state index contributed by atoms with van der Waals surface area (Å²) >= 11 is 4.92. The fourth-order valence-electron chi connectivity index (χ4n) is 1.98. The molecule has 5 heteroatoms. The largest absolute Gasteiger partial charge is 0.478 e. The number of benzene rings is 1. The third-order valence-electron chi connectivity index (χ3n) is 2.92. The van der Waals surface area contributed by atoms with E-state index < -0.39 is 5.97 Å². The standard InChI is InChI=1S/C13H15BrO3S/c1-8-2-4-10(17-8)7-18-12-6-9(14)3-5-11(12)13(15)16/h3,5-6,8,10H,2,4,7H2,1H3,(H,15,16). The molecule has 0 bridgehead atoms. The maximum atomic E-state index is 11.1. The molecule has 1 heterocycles. The number of halogens is 1. The van der Waals surface area contributed by atoms with E-state index in [-0.39, 0.29) is 6.10 Å². The molecule has 1 aliphatic heterocycles. The lowest BCUT2D eigenvalue weighted by atomic mass is 10.2. The summed E-state index contributed by atoms with van der Waals surface area (Å²) in [6, 6.07) is 5.24. The highest BCUT2D eigenvalue weighted by atomic mass is 79.9. The minimum absolute atomic E-state index is 0.241. The summed E-state index contributed by atoms with van der Waals surface area (Å²) in [6.07, 6.45) is 2.72. The first-order valence-corrected chi connectivity index (χ1v) is 7.65. The van der Waals surface area contributed by atoms with Gasteiger partial charge in [0.2, 0.25) is 0 Å². The van der Waals surface area contributed by atoms with Gasteiger partial charge in [-0.2, -0.15) is 0 Å². The second-order valence-electron chi connectivity index (χ2n) is 4.40. The molecule has 1 saturated heterocycles. The molecule has 2 rings (SSSR count). The fraction of sp³-hybridized carbons (Fsp3) is 0.462. The predicted molar refractivity (Wildman–Crippen MR) is 75.4 cm³/mol. The first-order valence-electron chi connectivity index (χ1n) is 5.87. The molecule has 1 aromatic carbocycles. The first kappa shape index (κ1) is 13.9. The van der Waals surface area contributed by atoms with Crippen LogP contribution in [0, 0.1) is 0 Å². The van der Waals surface area contributed by atoms with Crippen molar-refractivity contribution in [3.8, 4) is 0 Å². The third kappa shape index (κ3) is 3.49. The van der Waals surface area contributed by atoms with E-state index in [1.165, 1.54) is 0 Å². The van der Waals surface area contributed by atoms with Crippen LogP contribution >= 0.6 is 27.7 Å². The van der Waals surface area contributed by atoms with Gasteiger partial charge >= 0.3 is 5.97 Å². The van der Waals surface area contributed by atoms with E-state index >= 15 is 0 Å². The lowest BCUT2D eigenvalue weighted by molar-refractivity contribution is 0.0685. The highest BCUT2D eigenvalue weighted by Gasteiger charge is 2.22. The predicted octanol–water partition coefficient (Wildman–Crippen LogP) is 3.81. The van der Waals surface area contributed by atoms with Crippen molar-refractivity contribution in [1.82, 2.24) is 0 Å². The van der Waals surface area contributed by atoms with Crippen molar-refractivity contribution in [2.24, 2.45) is 0 Å². The smallest absolute Gasteiger partial charge is 0.336 e. The minimum Gasteiger partial charge on any atom is -0.478 e. The Morgan fingerprint density at radius 3 is 2.94 bits per heavy atom. The van der Waals surface area contributed by atoms with E-state index in [4.69, 9.17) is 9.84 Å². The number of rotatable bonds is 4. The van der Waals surface area contributed by atoms with Gasteiger partial charge in [0, 0.05) is 15.1 Å². The summed E-state index contributed by atoms with van der Waals surface area (Å²) in [6.45, 7) is 2.08. The van der Waals surface area contributed by atoms with E-state index in [9.17, 15) is 4.79 Å². The van der Waals surface area contributed by atoms with Crippen LogP contribution in [0.3, 0.4) is 0 Å². The topological polar surface area (TPSA) is 46.5 Å². The average Bonchev–Trinajstić information content (AvgIpc) is 2.72. The zero-order chi connectivity index (χ0) is 13.1. The molecule has 0 aromatic heterocycles. The van der Waals surface area contributed by atoms with Gasteiger partial charge in [0.25, 0.3) is 0 Å². The Morgan fingerprint density at radius 1 is 1.56 bits per heavy atom. The molecule has 2 unspecified atom stereocenters. The number of thioether (sulfide) groups is 1. The van der Waals surface area contributed by atoms with Crippen molar-refractivity contribution in [2.45, 2.75) is 36.9 Å². The number of hydrogen-bond donors (Lipinski definition) is 1. The third-order valence-corrected chi connectivity index (χ3v) is 4.60. The van der Waals surface area contributed by atoms with E-state index in [0.29, 0.717) is 11.7 Å². The molecule has 0 aliphatic carbocycles. The summed E-state index contributed by atoms with van der Waals surface area (Å²) in [5, 5.41) is 9.13. The number of aromatic carboxylic acids is 1. The van der Waals surface area contributed by atoms with Crippen LogP contribution in [0.15, 0.2) is 27.6 Å². The zero-order valence-electron chi connectivity index (χ0n) is 10.1. The zero-order valence-corrected chi connectivity index (χ0v) is 12.5. The molecule has 0 radical (unpaired) electrons. The normalized spacial score (nSPS) is 23.2. The Bertz CT molecular complexity index is 450. The van der Waals surface area contributed by atoms with Gasteiger partial charge in [0.15, 0.2) is 0 Å². The Hall–Kier alpha value is -0.520. The summed E-state index contributed by atoms with van der Waals surface area (Å²) in [7, 11) is 0. The molecule has 1 fully saturated rings. The molecule has 1 N–H and O–H groups in total. The van der Waals surface area contributed by atoms with Crippen LogP contribution in [0.5, 0.6) is 0 Å². The van der Waals surface area contributed by atoms with Gasteiger partial charge in [0.05, 0.1) is 17.8 Å². The maximum Gasteiger partial charge on any atom is 0.336 e. The monoisotopic (exact) mass is 330 g/mol. The second kappa shape index (κ2) is 6.08. The highest BCUT2D eigenvalue weighted by Crippen LogP contribution is 2.30.